The average Bonchev–Trinajstić information content (AvgIpc) is 3.15. The molecule has 1 aromatic carbocycles. The van der Waals surface area contributed by atoms with Crippen molar-refractivity contribution in [3.05, 3.63) is 57.1 Å². The predicted octanol–water partition coefficient (Wildman–Crippen LogP) is 2.46. The molecule has 0 fully saturated rings. The summed E-state index contributed by atoms with van der Waals surface area (Å²) in [6.07, 6.45) is -0.719. The van der Waals surface area contributed by atoms with Crippen LogP contribution in [0.15, 0.2) is 46.6 Å². The first-order chi connectivity index (χ1) is 11.2. The number of aromatic nitrogens is 2. The smallest absolute Gasteiger partial charge is 0.329 e. The molecular formula is C17H20N2O3S. The van der Waals surface area contributed by atoms with E-state index in [9.17, 15) is 9.90 Å². The molecule has 2 aromatic heterocycles. The highest BCUT2D eigenvalue weighted by atomic mass is 32.1. The first kappa shape index (κ1) is 16.0. The fourth-order valence-electron chi connectivity index (χ4n) is 2.71. The van der Waals surface area contributed by atoms with Gasteiger partial charge in [0.15, 0.2) is 0 Å². The number of aryl methyl sites for hydroxylation is 1. The summed E-state index contributed by atoms with van der Waals surface area (Å²) in [5.74, 6) is 0. The molecular weight excluding hydrogens is 312 g/mol. The Morgan fingerprint density at radius 1 is 1.17 bits per heavy atom. The second kappa shape index (κ2) is 7.12. The van der Waals surface area contributed by atoms with Crippen molar-refractivity contribution in [3.8, 4) is 0 Å². The number of imidazole rings is 1. The fraction of sp³-hybridized carbons (Fsp3) is 0.353. The van der Waals surface area contributed by atoms with E-state index in [0.29, 0.717) is 13.2 Å². The molecule has 0 aliphatic rings. The van der Waals surface area contributed by atoms with E-state index in [1.807, 2.05) is 48.7 Å². The molecule has 5 nitrogen and oxygen atoms in total. The Hall–Kier alpha value is -1.89. The summed E-state index contributed by atoms with van der Waals surface area (Å²) in [4.78, 5) is 13.6. The van der Waals surface area contributed by atoms with E-state index in [-0.39, 0.29) is 18.8 Å². The molecule has 1 N–H and O–H groups in total. The molecule has 2 heterocycles. The Kier molecular flexibility index (Phi) is 4.95. The first-order valence-corrected chi connectivity index (χ1v) is 8.55. The number of aliphatic hydroxyl groups is 1. The van der Waals surface area contributed by atoms with Gasteiger partial charge in [-0.05, 0) is 30.5 Å². The van der Waals surface area contributed by atoms with Gasteiger partial charge in [-0.3, -0.25) is 9.13 Å². The lowest BCUT2D eigenvalue weighted by Gasteiger charge is -2.11. The molecule has 0 aliphatic heterocycles. The van der Waals surface area contributed by atoms with Crippen molar-refractivity contribution in [1.29, 1.82) is 0 Å². The molecule has 3 aromatic rings. The predicted molar refractivity (Wildman–Crippen MR) is 91.9 cm³/mol. The van der Waals surface area contributed by atoms with Gasteiger partial charge in [-0.2, -0.15) is 0 Å². The van der Waals surface area contributed by atoms with E-state index in [2.05, 4.69) is 0 Å². The highest BCUT2D eigenvalue weighted by Gasteiger charge is 2.15. The number of thiophene rings is 1. The van der Waals surface area contributed by atoms with Gasteiger partial charge in [-0.25, -0.2) is 4.79 Å². The third kappa shape index (κ3) is 3.39. The van der Waals surface area contributed by atoms with E-state index in [4.69, 9.17) is 4.74 Å². The summed E-state index contributed by atoms with van der Waals surface area (Å²) in [7, 11) is 0. The van der Waals surface area contributed by atoms with Crippen LogP contribution in [0, 0.1) is 0 Å². The van der Waals surface area contributed by atoms with E-state index < -0.39 is 6.10 Å². The van der Waals surface area contributed by atoms with Crippen molar-refractivity contribution in [2.45, 2.75) is 32.7 Å². The second-order valence-electron chi connectivity index (χ2n) is 5.37. The molecule has 0 saturated carbocycles. The maximum Gasteiger partial charge on any atom is 0.329 e. The van der Waals surface area contributed by atoms with Gasteiger partial charge < -0.3 is 9.84 Å². The Balaban J connectivity index is 1.71. The van der Waals surface area contributed by atoms with Crippen LogP contribution < -0.4 is 5.69 Å². The van der Waals surface area contributed by atoms with Gasteiger partial charge in [0.2, 0.25) is 0 Å². The van der Waals surface area contributed by atoms with Gasteiger partial charge in [0.1, 0.15) is 0 Å². The van der Waals surface area contributed by atoms with Gasteiger partial charge in [0.05, 0.1) is 36.9 Å². The number of fused-ring (bicyclic) bond motifs is 1. The number of hydrogen-bond acceptors (Lipinski definition) is 4. The number of ether oxygens (including phenoxy) is 1. The summed E-state index contributed by atoms with van der Waals surface area (Å²) in [6, 6.07) is 11.6. The van der Waals surface area contributed by atoms with Gasteiger partial charge in [-0.15, -0.1) is 11.3 Å². The van der Waals surface area contributed by atoms with E-state index in [0.717, 1.165) is 15.9 Å². The third-order valence-corrected chi connectivity index (χ3v) is 4.62. The van der Waals surface area contributed by atoms with Crippen LogP contribution in [0.5, 0.6) is 0 Å². The quantitative estimate of drug-likeness (QED) is 0.723. The first-order valence-electron chi connectivity index (χ1n) is 7.67. The molecule has 0 bridgehead atoms. The maximum atomic E-state index is 12.5. The Morgan fingerprint density at radius 2 is 1.91 bits per heavy atom. The van der Waals surface area contributed by atoms with Crippen molar-refractivity contribution < 1.29 is 9.84 Å². The number of hydrogen-bond donors (Lipinski definition) is 1. The minimum absolute atomic E-state index is 0.0917. The molecule has 0 spiro atoms. The number of aliphatic hydroxyl groups excluding tert-OH is 1. The third-order valence-electron chi connectivity index (χ3n) is 3.77. The van der Waals surface area contributed by atoms with E-state index >= 15 is 0 Å². The van der Waals surface area contributed by atoms with Crippen molar-refractivity contribution in [2.75, 3.05) is 6.61 Å². The molecule has 23 heavy (non-hydrogen) atoms. The van der Waals surface area contributed by atoms with Gasteiger partial charge >= 0.3 is 5.69 Å². The van der Waals surface area contributed by atoms with Crippen molar-refractivity contribution in [1.82, 2.24) is 9.13 Å². The average molecular weight is 332 g/mol. The molecule has 1 atom stereocenters. The normalized spacial score (nSPS) is 12.8. The lowest BCUT2D eigenvalue weighted by atomic mass is 10.3. The zero-order valence-electron chi connectivity index (χ0n) is 13.0. The zero-order valence-corrected chi connectivity index (χ0v) is 13.8. The second-order valence-corrected chi connectivity index (χ2v) is 6.41. The number of benzene rings is 1. The van der Waals surface area contributed by atoms with Crippen LogP contribution in [-0.4, -0.2) is 27.0 Å². The van der Waals surface area contributed by atoms with Gasteiger partial charge in [-0.1, -0.05) is 18.2 Å². The standard InChI is InChI=1S/C17H20N2O3S/c1-2-18-15-7-3-4-8-16(15)19(17(18)21)10-13(20)11-22-12-14-6-5-9-23-14/h3-9,13,20H,2,10-12H2,1H3. The summed E-state index contributed by atoms with van der Waals surface area (Å²) in [5.41, 5.74) is 1.65. The summed E-state index contributed by atoms with van der Waals surface area (Å²) >= 11 is 1.62. The molecule has 3 rings (SSSR count). The van der Waals surface area contributed by atoms with Crippen molar-refractivity contribution in [2.24, 2.45) is 0 Å². The highest BCUT2D eigenvalue weighted by molar-refractivity contribution is 7.09. The van der Waals surface area contributed by atoms with Crippen LogP contribution in [-0.2, 0) is 24.4 Å². The molecule has 0 saturated heterocycles. The van der Waals surface area contributed by atoms with Crippen molar-refractivity contribution >= 4 is 22.4 Å². The van der Waals surface area contributed by atoms with E-state index in [1.54, 1.807) is 20.5 Å². The molecule has 0 radical (unpaired) electrons. The Morgan fingerprint density at radius 3 is 2.57 bits per heavy atom. The summed E-state index contributed by atoms with van der Waals surface area (Å²) < 4.78 is 8.88. The summed E-state index contributed by atoms with van der Waals surface area (Å²) in [6.45, 7) is 3.48. The number of rotatable bonds is 7. The molecule has 6 heteroatoms. The number of para-hydroxylation sites is 2. The van der Waals surface area contributed by atoms with Crippen LogP contribution in [0.1, 0.15) is 11.8 Å². The minimum Gasteiger partial charge on any atom is -0.389 e. The summed E-state index contributed by atoms with van der Waals surface area (Å²) in [5, 5.41) is 12.2. The lowest BCUT2D eigenvalue weighted by molar-refractivity contribution is 0.0213. The van der Waals surface area contributed by atoms with Gasteiger partial charge in [0, 0.05) is 11.4 Å². The largest absolute Gasteiger partial charge is 0.389 e. The van der Waals surface area contributed by atoms with Crippen LogP contribution >= 0.6 is 11.3 Å². The molecule has 1 unspecified atom stereocenters. The van der Waals surface area contributed by atoms with Crippen LogP contribution in [0.2, 0.25) is 0 Å². The Labute approximate surface area is 138 Å². The van der Waals surface area contributed by atoms with Crippen LogP contribution in [0.4, 0.5) is 0 Å². The minimum atomic E-state index is -0.719. The van der Waals surface area contributed by atoms with Crippen molar-refractivity contribution in [3.63, 3.8) is 0 Å². The van der Waals surface area contributed by atoms with Crippen LogP contribution in [0.25, 0.3) is 11.0 Å². The SMILES string of the molecule is CCn1c(=O)n(CC(O)COCc2cccs2)c2ccccc21. The molecule has 122 valence electrons. The lowest BCUT2D eigenvalue weighted by Crippen LogP contribution is -2.30. The fourth-order valence-corrected chi connectivity index (χ4v) is 3.35. The highest BCUT2D eigenvalue weighted by Crippen LogP contribution is 2.14. The molecule has 0 amide bonds. The monoisotopic (exact) mass is 332 g/mol. The maximum absolute atomic E-state index is 12.5. The molecule has 0 aliphatic carbocycles. The number of nitrogens with zero attached hydrogens (tertiary/aromatic N) is 2. The topological polar surface area (TPSA) is 56.4 Å². The van der Waals surface area contributed by atoms with Gasteiger partial charge in [0.25, 0.3) is 0 Å². The zero-order chi connectivity index (χ0) is 16.2. The Bertz CT molecular complexity index is 820. The van der Waals surface area contributed by atoms with E-state index in [1.165, 1.54) is 0 Å². The van der Waals surface area contributed by atoms with Crippen LogP contribution in [0.3, 0.4) is 0 Å².